The van der Waals surface area contributed by atoms with E-state index in [1.807, 2.05) is 12.2 Å². The average Bonchev–Trinajstić information content (AvgIpc) is 2.86. The third-order valence-corrected chi connectivity index (χ3v) is 7.58. The van der Waals surface area contributed by atoms with E-state index in [1.165, 1.54) is 73.3 Å². The second kappa shape index (κ2) is 28.3. The Morgan fingerprint density at radius 3 is 1.20 bits per heavy atom. The molecule has 0 aromatic carbocycles. The van der Waals surface area contributed by atoms with Gasteiger partial charge in [0.25, 0.3) is 0 Å². The number of allylic oxidation sites excluding steroid dienone is 2. The molecule has 236 valence electrons. The summed E-state index contributed by atoms with van der Waals surface area (Å²) in [5.74, 6) is -1.15. The van der Waals surface area contributed by atoms with E-state index in [0.29, 0.717) is 0 Å². The summed E-state index contributed by atoms with van der Waals surface area (Å²) in [6, 6.07) is 0. The van der Waals surface area contributed by atoms with E-state index in [4.69, 9.17) is 0 Å². The Balaban J connectivity index is -0.000000688. The Bertz CT molecular complexity index is 863. The molecular formula is C28H52CaN2O8S2. The Morgan fingerprint density at radius 2 is 0.902 bits per heavy atom. The summed E-state index contributed by atoms with van der Waals surface area (Å²) in [4.78, 5) is 26.1. The number of nitrogens with zero attached hydrogens (tertiary/aromatic N) is 2. The SMILES string of the molecule is CCCCCCC/C=C/C(=O)N(C)CCCS(=O)(=O)[O-].CCCCCCC/C=C/C(=O)N(C)CCCS(=O)(=O)[O-].[Ca+2]. The van der Waals surface area contributed by atoms with Gasteiger partial charge in [0.1, 0.15) is 0 Å². The number of carbonyl (C=O) groups is 2. The van der Waals surface area contributed by atoms with Crippen molar-refractivity contribution < 1.29 is 35.5 Å². The van der Waals surface area contributed by atoms with Crippen molar-refractivity contribution in [3.05, 3.63) is 24.3 Å². The zero-order valence-electron chi connectivity index (χ0n) is 25.7. The van der Waals surface area contributed by atoms with Gasteiger partial charge in [-0.25, -0.2) is 16.8 Å². The van der Waals surface area contributed by atoms with Crippen molar-refractivity contribution in [2.45, 2.75) is 104 Å². The second-order valence-electron chi connectivity index (χ2n) is 9.96. The van der Waals surface area contributed by atoms with Gasteiger partial charge in [0, 0.05) is 38.7 Å². The molecule has 0 radical (unpaired) electrons. The minimum absolute atomic E-state index is 0. The fraction of sp³-hybridized carbons (Fsp3) is 0.786. The van der Waals surface area contributed by atoms with Crippen LogP contribution in [-0.4, -0.2) is 124 Å². The molecule has 0 aliphatic rings. The first-order chi connectivity index (χ1) is 18.7. The first kappa shape index (κ1) is 44.9. The average molecular weight is 649 g/mol. The van der Waals surface area contributed by atoms with E-state index >= 15 is 0 Å². The van der Waals surface area contributed by atoms with E-state index < -0.39 is 31.7 Å². The molecule has 0 unspecified atom stereocenters. The van der Waals surface area contributed by atoms with Gasteiger partial charge in [-0.1, -0.05) is 77.4 Å². The molecule has 0 aliphatic heterocycles. The van der Waals surface area contributed by atoms with Gasteiger partial charge < -0.3 is 18.9 Å². The molecule has 10 nitrogen and oxygen atoms in total. The number of likely N-dealkylation sites (N-methyl/N-ethyl adjacent to an activating group) is 2. The molecule has 13 heteroatoms. The minimum Gasteiger partial charge on any atom is -0.748 e. The number of hydrogen-bond donors (Lipinski definition) is 0. The maximum atomic E-state index is 11.6. The predicted molar refractivity (Wildman–Crippen MR) is 164 cm³/mol. The van der Waals surface area contributed by atoms with Crippen LogP contribution >= 0.6 is 0 Å². The maximum Gasteiger partial charge on any atom is 2.00 e. The molecule has 0 N–H and O–H groups in total. The summed E-state index contributed by atoms with van der Waals surface area (Å²) >= 11 is 0. The molecule has 0 saturated heterocycles. The van der Waals surface area contributed by atoms with Gasteiger partial charge in [-0.05, 0) is 50.7 Å². The van der Waals surface area contributed by atoms with Gasteiger partial charge in [-0.15, -0.1) is 0 Å². The summed E-state index contributed by atoms with van der Waals surface area (Å²) in [5.41, 5.74) is 0. The second-order valence-corrected chi connectivity index (χ2v) is 13.0. The molecular weight excluding hydrogens is 597 g/mol. The fourth-order valence-electron chi connectivity index (χ4n) is 3.53. The molecule has 41 heavy (non-hydrogen) atoms. The van der Waals surface area contributed by atoms with Gasteiger partial charge in [0.05, 0.1) is 20.2 Å². The normalized spacial score (nSPS) is 11.7. The fourth-order valence-corrected chi connectivity index (χ4v) is 4.50. The maximum absolute atomic E-state index is 11.6. The van der Waals surface area contributed by atoms with Crippen LogP contribution < -0.4 is 0 Å². The molecule has 2 amide bonds. The molecule has 0 atom stereocenters. The quantitative estimate of drug-likeness (QED) is 0.0732. The number of amides is 2. The van der Waals surface area contributed by atoms with E-state index in [0.717, 1.165) is 25.7 Å². The van der Waals surface area contributed by atoms with Crippen LogP contribution in [0, 0.1) is 0 Å². The predicted octanol–water partition coefficient (Wildman–Crippen LogP) is 4.21. The van der Waals surface area contributed by atoms with E-state index in [2.05, 4.69) is 13.8 Å². The van der Waals surface area contributed by atoms with Crippen LogP contribution in [0.1, 0.15) is 104 Å². The van der Waals surface area contributed by atoms with Gasteiger partial charge in [-0.2, -0.15) is 0 Å². The summed E-state index contributed by atoms with van der Waals surface area (Å²) in [5, 5.41) is 0. The number of carbonyl (C=O) groups excluding carboxylic acids is 2. The first-order valence-corrected chi connectivity index (χ1v) is 17.6. The molecule has 0 spiro atoms. The zero-order valence-corrected chi connectivity index (χ0v) is 29.6. The summed E-state index contributed by atoms with van der Waals surface area (Å²) in [6.07, 6.45) is 20.9. The third-order valence-electron chi connectivity index (χ3n) is 6.00. The van der Waals surface area contributed by atoms with E-state index in [9.17, 15) is 35.5 Å². The molecule has 0 bridgehead atoms. The number of rotatable bonds is 22. The van der Waals surface area contributed by atoms with Crippen LogP contribution in [0.15, 0.2) is 24.3 Å². The van der Waals surface area contributed by atoms with Crippen LogP contribution in [0.4, 0.5) is 0 Å². The summed E-state index contributed by atoms with van der Waals surface area (Å²) < 4.78 is 62.6. The Kier molecular flexibility index (Phi) is 31.0. The van der Waals surface area contributed by atoms with Crippen molar-refractivity contribution in [3.8, 4) is 0 Å². The Morgan fingerprint density at radius 1 is 0.585 bits per heavy atom. The molecule has 0 aliphatic carbocycles. The van der Waals surface area contributed by atoms with E-state index in [1.54, 1.807) is 14.1 Å². The molecule has 0 heterocycles. The van der Waals surface area contributed by atoms with Crippen molar-refractivity contribution in [2.75, 3.05) is 38.7 Å². The zero-order chi connectivity index (χ0) is 30.9. The van der Waals surface area contributed by atoms with Crippen molar-refractivity contribution in [3.63, 3.8) is 0 Å². The summed E-state index contributed by atoms with van der Waals surface area (Å²) in [6.45, 7) is 4.90. The van der Waals surface area contributed by atoms with Gasteiger partial charge >= 0.3 is 37.7 Å². The van der Waals surface area contributed by atoms with Gasteiger partial charge in [0.2, 0.25) is 11.8 Å². The molecule has 0 rings (SSSR count). The van der Waals surface area contributed by atoms with Crippen molar-refractivity contribution in [2.24, 2.45) is 0 Å². The Labute approximate surface area is 279 Å². The minimum atomic E-state index is -4.18. The van der Waals surface area contributed by atoms with E-state index in [-0.39, 0.29) is 75.5 Å². The van der Waals surface area contributed by atoms with Crippen molar-refractivity contribution in [1.82, 2.24) is 9.80 Å². The number of unbranched alkanes of at least 4 members (excludes halogenated alkanes) is 10. The van der Waals surface area contributed by atoms with Crippen LogP contribution in [0.3, 0.4) is 0 Å². The van der Waals surface area contributed by atoms with Crippen molar-refractivity contribution in [1.29, 1.82) is 0 Å². The molecule has 0 aromatic heterocycles. The van der Waals surface area contributed by atoms with Gasteiger partial charge in [-0.3, -0.25) is 9.59 Å². The monoisotopic (exact) mass is 648 g/mol. The first-order valence-electron chi connectivity index (χ1n) is 14.4. The summed E-state index contributed by atoms with van der Waals surface area (Å²) in [7, 11) is -5.16. The standard InChI is InChI=1S/2C14H27NO4S.Ca/c2*1-3-4-5-6-7-8-9-11-14(16)15(2)12-10-13-20(17,18)19;/h2*9,11H,3-8,10,12-13H2,1-2H3,(H,17,18,19);/q;;+2/p-2/b2*11-9+;. The molecule has 0 fully saturated rings. The van der Waals surface area contributed by atoms with Crippen LogP contribution in [0.5, 0.6) is 0 Å². The number of hydrogen-bond acceptors (Lipinski definition) is 8. The van der Waals surface area contributed by atoms with Crippen LogP contribution in [0.2, 0.25) is 0 Å². The Hall–Kier alpha value is -0.500. The largest absolute Gasteiger partial charge is 2.00 e. The van der Waals surface area contributed by atoms with Crippen molar-refractivity contribution >= 4 is 69.8 Å². The molecule has 0 saturated carbocycles. The third kappa shape index (κ3) is 35.6. The smallest absolute Gasteiger partial charge is 0.748 e. The van der Waals surface area contributed by atoms with Crippen LogP contribution in [0.25, 0.3) is 0 Å². The van der Waals surface area contributed by atoms with Crippen LogP contribution in [-0.2, 0) is 29.8 Å². The van der Waals surface area contributed by atoms with Gasteiger partial charge in [0.15, 0.2) is 0 Å². The topological polar surface area (TPSA) is 155 Å². The molecule has 0 aromatic rings.